The Morgan fingerprint density at radius 1 is 1.22 bits per heavy atom. The predicted molar refractivity (Wildman–Crippen MR) is 105 cm³/mol. The predicted octanol–water partition coefficient (Wildman–Crippen LogP) is 2.88. The second-order valence-corrected chi connectivity index (χ2v) is 7.02. The van der Waals surface area contributed by atoms with E-state index in [-0.39, 0.29) is 24.4 Å². The second-order valence-electron chi connectivity index (χ2n) is 7.02. The SMILES string of the molecule is CCC(=O)N(C)CC(=O)N1N=C(c2cccn2C)CC1c1ccc(C)cc1. The first-order valence-electron chi connectivity index (χ1n) is 9.22. The maximum atomic E-state index is 12.9. The van der Waals surface area contributed by atoms with E-state index in [1.165, 1.54) is 10.5 Å². The summed E-state index contributed by atoms with van der Waals surface area (Å²) < 4.78 is 2.01. The summed E-state index contributed by atoms with van der Waals surface area (Å²) in [6, 6.07) is 12.0. The number of amides is 2. The number of rotatable bonds is 5. The summed E-state index contributed by atoms with van der Waals surface area (Å²) in [4.78, 5) is 26.3. The lowest BCUT2D eigenvalue weighted by Crippen LogP contribution is -2.38. The lowest BCUT2D eigenvalue weighted by Gasteiger charge is -2.24. The number of likely N-dealkylation sites (N-methyl/N-ethyl adjacent to an activating group) is 1. The highest BCUT2D eigenvalue weighted by Gasteiger charge is 2.34. The van der Waals surface area contributed by atoms with Crippen LogP contribution in [-0.2, 0) is 16.6 Å². The van der Waals surface area contributed by atoms with Gasteiger partial charge < -0.3 is 9.47 Å². The Labute approximate surface area is 160 Å². The zero-order chi connectivity index (χ0) is 19.6. The van der Waals surface area contributed by atoms with Crippen LogP contribution in [0.25, 0.3) is 0 Å². The minimum atomic E-state index is -0.172. The fraction of sp³-hybridized carbons (Fsp3) is 0.381. The lowest BCUT2D eigenvalue weighted by atomic mass is 9.99. The van der Waals surface area contributed by atoms with E-state index in [0.717, 1.165) is 17.0 Å². The number of benzene rings is 1. The van der Waals surface area contributed by atoms with Crippen LogP contribution in [0.1, 0.15) is 42.6 Å². The fourth-order valence-corrected chi connectivity index (χ4v) is 3.34. The summed E-state index contributed by atoms with van der Waals surface area (Å²) in [7, 11) is 3.62. The van der Waals surface area contributed by atoms with Gasteiger partial charge in [-0.1, -0.05) is 36.8 Å². The first kappa shape index (κ1) is 18.9. The van der Waals surface area contributed by atoms with Crippen molar-refractivity contribution in [3.63, 3.8) is 0 Å². The molecule has 1 aromatic heterocycles. The van der Waals surface area contributed by atoms with Crippen LogP contribution in [0, 0.1) is 6.92 Å². The molecule has 1 aliphatic rings. The lowest BCUT2D eigenvalue weighted by molar-refractivity contribution is -0.140. The van der Waals surface area contributed by atoms with Crippen LogP contribution >= 0.6 is 0 Å². The molecule has 27 heavy (non-hydrogen) atoms. The zero-order valence-corrected chi connectivity index (χ0v) is 16.3. The molecule has 3 rings (SSSR count). The van der Waals surface area contributed by atoms with Crippen molar-refractivity contribution in [1.82, 2.24) is 14.5 Å². The van der Waals surface area contributed by atoms with Crippen molar-refractivity contribution < 1.29 is 9.59 Å². The van der Waals surface area contributed by atoms with E-state index in [1.807, 2.05) is 61.1 Å². The molecule has 0 aliphatic carbocycles. The minimum Gasteiger partial charge on any atom is -0.350 e. The van der Waals surface area contributed by atoms with Crippen LogP contribution in [-0.4, -0.2) is 45.6 Å². The number of carbonyl (C=O) groups excluding carboxylic acids is 2. The highest BCUT2D eigenvalue weighted by molar-refractivity contribution is 6.02. The number of carbonyl (C=O) groups is 2. The molecule has 0 fully saturated rings. The zero-order valence-electron chi connectivity index (χ0n) is 16.3. The van der Waals surface area contributed by atoms with Gasteiger partial charge in [0.05, 0.1) is 17.4 Å². The van der Waals surface area contributed by atoms with Gasteiger partial charge in [0.1, 0.15) is 6.54 Å². The fourth-order valence-electron chi connectivity index (χ4n) is 3.34. The van der Waals surface area contributed by atoms with Crippen LogP contribution < -0.4 is 0 Å². The molecular weight excluding hydrogens is 340 g/mol. The number of hydrazone groups is 1. The van der Waals surface area contributed by atoms with Crippen LogP contribution in [0.3, 0.4) is 0 Å². The third kappa shape index (κ3) is 3.94. The molecule has 0 N–H and O–H groups in total. The summed E-state index contributed by atoms with van der Waals surface area (Å²) in [6.07, 6.45) is 3.00. The third-order valence-electron chi connectivity index (χ3n) is 4.97. The first-order valence-corrected chi connectivity index (χ1v) is 9.22. The average molecular weight is 366 g/mol. The Hall–Kier alpha value is -2.89. The van der Waals surface area contributed by atoms with Gasteiger partial charge in [-0.05, 0) is 24.6 Å². The van der Waals surface area contributed by atoms with E-state index < -0.39 is 0 Å². The van der Waals surface area contributed by atoms with E-state index in [2.05, 4.69) is 5.10 Å². The van der Waals surface area contributed by atoms with Gasteiger partial charge in [-0.25, -0.2) is 5.01 Å². The summed E-state index contributed by atoms with van der Waals surface area (Å²) >= 11 is 0. The maximum absolute atomic E-state index is 12.9. The monoisotopic (exact) mass is 366 g/mol. The highest BCUT2D eigenvalue weighted by Crippen LogP contribution is 2.33. The Kier molecular flexibility index (Phi) is 5.44. The van der Waals surface area contributed by atoms with Crippen LogP contribution in [0.15, 0.2) is 47.7 Å². The average Bonchev–Trinajstić information content (AvgIpc) is 3.27. The molecular formula is C21H26N4O2. The number of aryl methyl sites for hydroxylation is 2. The van der Waals surface area contributed by atoms with E-state index >= 15 is 0 Å². The Morgan fingerprint density at radius 3 is 2.52 bits per heavy atom. The molecule has 1 unspecified atom stereocenters. The van der Waals surface area contributed by atoms with Gasteiger partial charge in [0.25, 0.3) is 5.91 Å². The number of hydrogen-bond donors (Lipinski definition) is 0. The molecule has 0 saturated heterocycles. The molecule has 6 nitrogen and oxygen atoms in total. The van der Waals surface area contributed by atoms with E-state index in [0.29, 0.717) is 12.8 Å². The Bertz CT molecular complexity index is 867. The molecule has 0 radical (unpaired) electrons. The molecule has 2 heterocycles. The van der Waals surface area contributed by atoms with Crippen LogP contribution in [0.4, 0.5) is 0 Å². The van der Waals surface area contributed by atoms with Crippen molar-refractivity contribution in [1.29, 1.82) is 0 Å². The van der Waals surface area contributed by atoms with Gasteiger partial charge in [-0.3, -0.25) is 9.59 Å². The standard InChI is InChI=1S/C21H26N4O2/c1-5-20(26)24(4)14-21(27)25-19(16-10-8-15(2)9-11-16)13-17(22-25)18-7-6-12-23(18)3/h6-12,19H,5,13-14H2,1-4H3. The molecule has 6 heteroatoms. The molecule has 0 saturated carbocycles. The van der Waals surface area contributed by atoms with Gasteiger partial charge in [0.15, 0.2) is 0 Å². The maximum Gasteiger partial charge on any atom is 0.262 e. The largest absolute Gasteiger partial charge is 0.350 e. The summed E-state index contributed by atoms with van der Waals surface area (Å²) in [6.45, 7) is 3.86. The molecule has 0 bridgehead atoms. The Balaban J connectivity index is 1.90. The Morgan fingerprint density at radius 2 is 1.93 bits per heavy atom. The van der Waals surface area contributed by atoms with Gasteiger partial charge in [0, 0.05) is 33.1 Å². The van der Waals surface area contributed by atoms with Crippen LogP contribution in [0.5, 0.6) is 0 Å². The van der Waals surface area contributed by atoms with Gasteiger partial charge in [0.2, 0.25) is 5.91 Å². The van der Waals surface area contributed by atoms with Gasteiger partial charge in [-0.15, -0.1) is 0 Å². The van der Waals surface area contributed by atoms with Crippen molar-refractivity contribution in [2.45, 2.75) is 32.7 Å². The minimum absolute atomic E-state index is 0.0267. The number of nitrogens with zero attached hydrogens (tertiary/aromatic N) is 4. The molecule has 2 aromatic rings. The van der Waals surface area contributed by atoms with E-state index in [4.69, 9.17) is 0 Å². The third-order valence-corrected chi connectivity index (χ3v) is 4.97. The van der Waals surface area contributed by atoms with E-state index in [1.54, 1.807) is 19.0 Å². The summed E-state index contributed by atoms with van der Waals surface area (Å²) in [5, 5.41) is 6.20. The normalized spacial score (nSPS) is 16.4. The summed E-state index contributed by atoms with van der Waals surface area (Å²) in [5.41, 5.74) is 4.10. The van der Waals surface area contributed by atoms with Crippen LogP contribution in [0.2, 0.25) is 0 Å². The van der Waals surface area contributed by atoms with Crippen molar-refractivity contribution in [3.05, 3.63) is 59.4 Å². The second kappa shape index (κ2) is 7.78. The smallest absolute Gasteiger partial charge is 0.262 e. The summed E-state index contributed by atoms with van der Waals surface area (Å²) in [5.74, 6) is -0.227. The topological polar surface area (TPSA) is 57.9 Å². The highest BCUT2D eigenvalue weighted by atomic mass is 16.2. The van der Waals surface area contributed by atoms with Gasteiger partial charge in [-0.2, -0.15) is 5.10 Å². The molecule has 1 aromatic carbocycles. The molecule has 2 amide bonds. The molecule has 1 atom stereocenters. The van der Waals surface area contributed by atoms with E-state index in [9.17, 15) is 9.59 Å². The number of hydrogen-bond acceptors (Lipinski definition) is 3. The van der Waals surface area contributed by atoms with Crippen molar-refractivity contribution >= 4 is 17.5 Å². The number of aromatic nitrogens is 1. The van der Waals surface area contributed by atoms with Crippen molar-refractivity contribution in [2.24, 2.45) is 12.1 Å². The molecule has 1 aliphatic heterocycles. The molecule has 142 valence electrons. The van der Waals surface area contributed by atoms with Crippen molar-refractivity contribution in [2.75, 3.05) is 13.6 Å². The quantitative estimate of drug-likeness (QED) is 0.817. The van der Waals surface area contributed by atoms with Gasteiger partial charge >= 0.3 is 0 Å². The van der Waals surface area contributed by atoms with Crippen molar-refractivity contribution in [3.8, 4) is 0 Å². The first-order chi connectivity index (χ1) is 12.9. The molecule has 0 spiro atoms.